The second-order valence-electron chi connectivity index (χ2n) is 5.13. The van der Waals surface area contributed by atoms with E-state index in [9.17, 15) is 4.79 Å². The third kappa shape index (κ3) is 3.74. The quantitative estimate of drug-likeness (QED) is 0.920. The lowest BCUT2D eigenvalue weighted by atomic mass is 10.0. The van der Waals surface area contributed by atoms with Gasteiger partial charge < -0.3 is 5.11 Å². The molecule has 1 heterocycles. The number of carboxylic acid groups (broad SMARTS) is 1. The topological polar surface area (TPSA) is 40.5 Å². The first-order chi connectivity index (χ1) is 9.08. The summed E-state index contributed by atoms with van der Waals surface area (Å²) in [5.41, 5.74) is 2.09. The molecule has 1 aromatic rings. The number of aliphatic carboxylic acids is 1. The summed E-state index contributed by atoms with van der Waals surface area (Å²) < 4.78 is 0. The molecule has 1 fully saturated rings. The third-order valence-electron chi connectivity index (χ3n) is 3.85. The Kier molecular flexibility index (Phi) is 4.88. The number of carbonyl (C=O) groups is 1. The number of rotatable bonds is 4. The van der Waals surface area contributed by atoms with Gasteiger partial charge in [-0.25, -0.2) is 0 Å². The van der Waals surface area contributed by atoms with Crippen LogP contribution >= 0.6 is 11.8 Å². The summed E-state index contributed by atoms with van der Waals surface area (Å²) in [5.74, 6) is 0.398. The van der Waals surface area contributed by atoms with Crippen molar-refractivity contribution in [3.05, 3.63) is 35.4 Å². The van der Waals surface area contributed by atoms with Gasteiger partial charge in [0.05, 0.1) is 6.42 Å². The zero-order valence-electron chi connectivity index (χ0n) is 11.5. The van der Waals surface area contributed by atoms with E-state index in [0.717, 1.165) is 30.0 Å². The smallest absolute Gasteiger partial charge is 0.307 e. The van der Waals surface area contributed by atoms with Gasteiger partial charge in [-0.05, 0) is 18.1 Å². The summed E-state index contributed by atoms with van der Waals surface area (Å²) in [5, 5.41) is 9.61. The van der Waals surface area contributed by atoms with E-state index < -0.39 is 5.97 Å². The Labute approximate surface area is 119 Å². The molecule has 3 nitrogen and oxygen atoms in total. The molecule has 0 saturated carbocycles. The van der Waals surface area contributed by atoms with Gasteiger partial charge in [-0.15, -0.1) is 0 Å². The van der Waals surface area contributed by atoms with Gasteiger partial charge in [-0.1, -0.05) is 31.2 Å². The van der Waals surface area contributed by atoms with Crippen molar-refractivity contribution in [1.29, 1.82) is 0 Å². The molecule has 104 valence electrons. The largest absolute Gasteiger partial charge is 0.481 e. The molecule has 2 rings (SSSR count). The third-order valence-corrected chi connectivity index (χ3v) is 5.19. The van der Waals surface area contributed by atoms with Gasteiger partial charge in [0.15, 0.2) is 0 Å². The Morgan fingerprint density at radius 1 is 1.37 bits per heavy atom. The zero-order chi connectivity index (χ0) is 13.8. The van der Waals surface area contributed by atoms with Crippen LogP contribution in [-0.2, 0) is 17.8 Å². The maximum atomic E-state index is 10.9. The first-order valence-corrected chi connectivity index (χ1v) is 7.77. The molecule has 2 unspecified atom stereocenters. The molecule has 0 bridgehead atoms. The molecule has 4 heteroatoms. The van der Waals surface area contributed by atoms with E-state index >= 15 is 0 Å². The summed E-state index contributed by atoms with van der Waals surface area (Å²) in [6.07, 6.45) is 0.114. The monoisotopic (exact) mass is 279 g/mol. The van der Waals surface area contributed by atoms with Gasteiger partial charge in [0.2, 0.25) is 0 Å². The first kappa shape index (κ1) is 14.4. The molecule has 2 atom stereocenters. The highest BCUT2D eigenvalue weighted by molar-refractivity contribution is 8.00. The van der Waals surface area contributed by atoms with Crippen LogP contribution in [0.2, 0.25) is 0 Å². The maximum Gasteiger partial charge on any atom is 0.307 e. The lowest BCUT2D eigenvalue weighted by Gasteiger charge is -2.37. The molecule has 0 radical (unpaired) electrons. The Bertz CT molecular complexity index is 450. The van der Waals surface area contributed by atoms with Crippen LogP contribution in [-0.4, -0.2) is 39.6 Å². The van der Waals surface area contributed by atoms with Crippen LogP contribution in [0.1, 0.15) is 25.0 Å². The van der Waals surface area contributed by atoms with Crippen molar-refractivity contribution in [2.45, 2.75) is 38.1 Å². The van der Waals surface area contributed by atoms with Crippen molar-refractivity contribution in [2.24, 2.45) is 0 Å². The molecule has 19 heavy (non-hydrogen) atoms. The van der Waals surface area contributed by atoms with Gasteiger partial charge in [-0.2, -0.15) is 11.8 Å². The predicted octanol–water partition coefficient (Wildman–Crippen LogP) is 2.64. The van der Waals surface area contributed by atoms with Crippen LogP contribution in [0.4, 0.5) is 0 Å². The second-order valence-corrected chi connectivity index (χ2v) is 6.61. The van der Waals surface area contributed by atoms with Crippen molar-refractivity contribution in [3.63, 3.8) is 0 Å². The highest BCUT2D eigenvalue weighted by Gasteiger charge is 2.25. The molecular weight excluding hydrogens is 258 g/mol. The fourth-order valence-corrected chi connectivity index (χ4v) is 3.65. The summed E-state index contributed by atoms with van der Waals surface area (Å²) in [4.78, 5) is 13.4. The number of benzene rings is 1. The van der Waals surface area contributed by atoms with Crippen LogP contribution in [0.5, 0.6) is 0 Å². The van der Waals surface area contributed by atoms with Crippen LogP contribution in [0.25, 0.3) is 0 Å². The number of hydrogen-bond donors (Lipinski definition) is 1. The highest BCUT2D eigenvalue weighted by Crippen LogP contribution is 2.26. The molecule has 0 aliphatic carbocycles. The average molecular weight is 279 g/mol. The molecule has 0 amide bonds. The first-order valence-electron chi connectivity index (χ1n) is 6.72. The lowest BCUT2D eigenvalue weighted by Crippen LogP contribution is -2.44. The molecule has 1 aliphatic rings. The van der Waals surface area contributed by atoms with Crippen LogP contribution in [0.15, 0.2) is 24.3 Å². The Morgan fingerprint density at radius 3 is 2.74 bits per heavy atom. The predicted molar refractivity (Wildman–Crippen MR) is 79.6 cm³/mol. The normalized spacial score (nSPS) is 24.3. The molecular formula is C15H21NO2S. The number of hydrogen-bond acceptors (Lipinski definition) is 3. The van der Waals surface area contributed by atoms with E-state index in [4.69, 9.17) is 5.11 Å². The second kappa shape index (κ2) is 6.44. The van der Waals surface area contributed by atoms with Crippen molar-refractivity contribution >= 4 is 17.7 Å². The molecule has 1 aliphatic heterocycles. The van der Waals surface area contributed by atoms with E-state index in [-0.39, 0.29) is 6.42 Å². The summed E-state index contributed by atoms with van der Waals surface area (Å²) in [7, 11) is 0. The Hall–Kier alpha value is -1.00. The maximum absolute atomic E-state index is 10.9. The Morgan fingerprint density at radius 2 is 2.05 bits per heavy atom. The highest BCUT2D eigenvalue weighted by atomic mass is 32.2. The van der Waals surface area contributed by atoms with Crippen molar-refractivity contribution < 1.29 is 9.90 Å². The van der Waals surface area contributed by atoms with Crippen molar-refractivity contribution in [2.75, 3.05) is 12.3 Å². The van der Waals surface area contributed by atoms with Crippen molar-refractivity contribution in [1.82, 2.24) is 4.90 Å². The van der Waals surface area contributed by atoms with Gasteiger partial charge in [0.25, 0.3) is 0 Å². The SMILES string of the molecule is CC1SCCN(Cc2ccccc2CC(=O)O)C1C. The average Bonchev–Trinajstić information content (AvgIpc) is 2.36. The van der Waals surface area contributed by atoms with Gasteiger partial charge in [0.1, 0.15) is 0 Å². The number of thioether (sulfide) groups is 1. The van der Waals surface area contributed by atoms with Crippen molar-refractivity contribution in [3.8, 4) is 0 Å². The van der Waals surface area contributed by atoms with Gasteiger partial charge in [0, 0.05) is 30.1 Å². The number of nitrogens with zero attached hydrogens (tertiary/aromatic N) is 1. The molecule has 0 aromatic heterocycles. The molecule has 1 saturated heterocycles. The van der Waals surface area contributed by atoms with Gasteiger partial charge in [-0.3, -0.25) is 9.69 Å². The zero-order valence-corrected chi connectivity index (χ0v) is 12.3. The van der Waals surface area contributed by atoms with E-state index in [1.165, 1.54) is 0 Å². The van der Waals surface area contributed by atoms with Crippen LogP contribution in [0.3, 0.4) is 0 Å². The van der Waals surface area contributed by atoms with E-state index in [1.54, 1.807) is 0 Å². The minimum absolute atomic E-state index is 0.114. The summed E-state index contributed by atoms with van der Waals surface area (Å²) in [6, 6.07) is 8.43. The summed E-state index contributed by atoms with van der Waals surface area (Å²) >= 11 is 2.02. The number of carboxylic acids is 1. The minimum Gasteiger partial charge on any atom is -0.481 e. The van der Waals surface area contributed by atoms with Crippen LogP contribution in [0, 0.1) is 0 Å². The standard InChI is InChI=1S/C15H21NO2S/c1-11-12(2)19-8-7-16(11)10-14-6-4-3-5-13(14)9-15(17)18/h3-6,11-12H,7-10H2,1-2H3,(H,17,18). The van der Waals surface area contributed by atoms with Gasteiger partial charge >= 0.3 is 5.97 Å². The lowest BCUT2D eigenvalue weighted by molar-refractivity contribution is -0.136. The fraction of sp³-hybridized carbons (Fsp3) is 0.533. The molecule has 1 aromatic carbocycles. The Balaban J connectivity index is 2.11. The minimum atomic E-state index is -0.761. The van der Waals surface area contributed by atoms with E-state index in [0.29, 0.717) is 11.3 Å². The fourth-order valence-electron chi connectivity index (χ4n) is 2.48. The van der Waals surface area contributed by atoms with E-state index in [1.807, 2.05) is 30.0 Å². The van der Waals surface area contributed by atoms with Crippen LogP contribution < -0.4 is 0 Å². The molecule has 0 spiro atoms. The molecule has 1 N–H and O–H groups in total. The summed E-state index contributed by atoms with van der Waals surface area (Å²) in [6.45, 7) is 6.47. The van der Waals surface area contributed by atoms with E-state index in [2.05, 4.69) is 24.8 Å².